The molecule has 0 spiro atoms. The highest BCUT2D eigenvalue weighted by Crippen LogP contribution is 2.32. The number of ether oxygens (including phenoxy) is 2. The van der Waals surface area contributed by atoms with Crippen molar-refractivity contribution in [3.8, 4) is 5.75 Å². The Kier molecular flexibility index (Phi) is 7.54. The predicted molar refractivity (Wildman–Crippen MR) is 131 cm³/mol. The average Bonchev–Trinajstić information content (AvgIpc) is 2.83. The third-order valence-electron chi connectivity index (χ3n) is 5.68. The maximum atomic E-state index is 13.3. The number of fused-ring (bicyclic) bond motifs is 1. The van der Waals surface area contributed by atoms with Crippen LogP contribution in [0.15, 0.2) is 56.8 Å². The molecule has 172 valence electrons. The number of hydrogen-bond donors (Lipinski definition) is 0. The molecule has 0 unspecified atom stereocenters. The van der Waals surface area contributed by atoms with Crippen LogP contribution in [0.4, 0.5) is 0 Å². The van der Waals surface area contributed by atoms with E-state index in [1.165, 1.54) is 11.1 Å². The highest BCUT2D eigenvalue weighted by Gasteiger charge is 2.22. The second-order valence-corrected chi connectivity index (χ2v) is 8.82. The fourth-order valence-electron chi connectivity index (χ4n) is 4.06. The minimum absolute atomic E-state index is 0.161. The normalized spacial score (nSPS) is 14.6. The number of carbonyl (C=O) groups excluding carboxylic acids is 1. The van der Waals surface area contributed by atoms with E-state index in [4.69, 9.17) is 14.5 Å². The maximum Gasteiger partial charge on any atom is 0.344 e. The minimum Gasteiger partial charge on any atom is -0.481 e. The van der Waals surface area contributed by atoms with Gasteiger partial charge in [0.1, 0.15) is 11.6 Å². The molecule has 7 nitrogen and oxygen atoms in total. The third-order valence-corrected chi connectivity index (χ3v) is 6.30. The molecule has 0 bridgehead atoms. The molecular weight excluding hydrogens is 486 g/mol. The van der Waals surface area contributed by atoms with Gasteiger partial charge in [-0.2, -0.15) is 9.78 Å². The van der Waals surface area contributed by atoms with Crippen LogP contribution in [-0.4, -0.2) is 35.1 Å². The zero-order chi connectivity index (χ0) is 23.2. The standard InChI is InChI=1S/C25H26BrN3O4/c1-2-32-23(30)16-33-22-13-12-17(14-20(22)26)15-27-29-24(18-8-4-3-5-9-18)28-21-11-7-6-10-19(21)25(29)31/h6-7,10-15,18H,2-5,8-9,16H2,1H3. The molecule has 2 aromatic carbocycles. The van der Waals surface area contributed by atoms with E-state index < -0.39 is 5.97 Å². The van der Waals surface area contributed by atoms with Crippen LogP contribution in [-0.2, 0) is 9.53 Å². The van der Waals surface area contributed by atoms with Gasteiger partial charge in [-0.1, -0.05) is 31.4 Å². The van der Waals surface area contributed by atoms with Crippen LogP contribution in [0.3, 0.4) is 0 Å². The first-order chi connectivity index (χ1) is 16.1. The van der Waals surface area contributed by atoms with Crippen molar-refractivity contribution in [2.75, 3.05) is 13.2 Å². The summed E-state index contributed by atoms with van der Waals surface area (Å²) < 4.78 is 12.5. The lowest BCUT2D eigenvalue weighted by atomic mass is 9.88. The number of benzene rings is 2. The molecule has 8 heteroatoms. The summed E-state index contributed by atoms with van der Waals surface area (Å²) in [4.78, 5) is 29.6. The van der Waals surface area contributed by atoms with Gasteiger partial charge in [0, 0.05) is 5.92 Å². The molecule has 0 N–H and O–H groups in total. The van der Waals surface area contributed by atoms with E-state index in [9.17, 15) is 9.59 Å². The maximum absolute atomic E-state index is 13.3. The zero-order valence-corrected chi connectivity index (χ0v) is 20.1. The van der Waals surface area contributed by atoms with Crippen molar-refractivity contribution in [1.82, 2.24) is 9.66 Å². The first-order valence-corrected chi connectivity index (χ1v) is 12.0. The fourth-order valence-corrected chi connectivity index (χ4v) is 4.57. The fraction of sp³-hybridized carbons (Fsp3) is 0.360. The van der Waals surface area contributed by atoms with Gasteiger partial charge in [0.05, 0.1) is 28.2 Å². The second-order valence-electron chi connectivity index (χ2n) is 7.97. The molecule has 1 aliphatic rings. The number of aromatic nitrogens is 2. The van der Waals surface area contributed by atoms with E-state index >= 15 is 0 Å². The van der Waals surface area contributed by atoms with Gasteiger partial charge in [0.15, 0.2) is 6.61 Å². The van der Waals surface area contributed by atoms with Crippen LogP contribution in [0, 0.1) is 0 Å². The van der Waals surface area contributed by atoms with E-state index in [1.807, 2.05) is 30.3 Å². The van der Waals surface area contributed by atoms with Crippen LogP contribution in [0.25, 0.3) is 10.9 Å². The third kappa shape index (κ3) is 5.50. The Labute approximate surface area is 200 Å². The van der Waals surface area contributed by atoms with Gasteiger partial charge in [-0.25, -0.2) is 9.78 Å². The SMILES string of the molecule is CCOC(=O)COc1ccc(C=Nn2c(C3CCCCC3)nc3ccccc3c2=O)cc1Br. The molecule has 0 amide bonds. The smallest absolute Gasteiger partial charge is 0.344 e. The van der Waals surface area contributed by atoms with E-state index in [1.54, 1.807) is 25.3 Å². The van der Waals surface area contributed by atoms with E-state index in [0.717, 1.165) is 37.1 Å². The Hall–Kier alpha value is -3.00. The Bertz CT molecular complexity index is 1230. The summed E-state index contributed by atoms with van der Waals surface area (Å²) >= 11 is 3.47. The monoisotopic (exact) mass is 511 g/mol. The summed E-state index contributed by atoms with van der Waals surface area (Å²) in [6.07, 6.45) is 7.16. The number of halogens is 1. The van der Waals surface area contributed by atoms with Gasteiger partial charge < -0.3 is 9.47 Å². The molecule has 1 saturated carbocycles. The predicted octanol–water partition coefficient (Wildman–Crippen LogP) is 5.03. The largest absolute Gasteiger partial charge is 0.481 e. The molecule has 0 saturated heterocycles. The summed E-state index contributed by atoms with van der Waals surface area (Å²) in [6, 6.07) is 12.8. The molecule has 1 heterocycles. The zero-order valence-electron chi connectivity index (χ0n) is 18.5. The van der Waals surface area contributed by atoms with Crippen molar-refractivity contribution in [2.45, 2.75) is 44.9 Å². The van der Waals surface area contributed by atoms with Crippen molar-refractivity contribution in [3.63, 3.8) is 0 Å². The van der Waals surface area contributed by atoms with Gasteiger partial charge in [-0.05, 0) is 71.6 Å². The molecular formula is C25H26BrN3O4. The first-order valence-electron chi connectivity index (χ1n) is 11.2. The van der Waals surface area contributed by atoms with Crippen LogP contribution in [0.2, 0.25) is 0 Å². The van der Waals surface area contributed by atoms with Gasteiger partial charge >= 0.3 is 5.97 Å². The van der Waals surface area contributed by atoms with Crippen LogP contribution in [0.5, 0.6) is 5.75 Å². The highest BCUT2D eigenvalue weighted by atomic mass is 79.9. The highest BCUT2D eigenvalue weighted by molar-refractivity contribution is 9.10. The number of nitrogens with zero attached hydrogens (tertiary/aromatic N) is 3. The van der Waals surface area contributed by atoms with Gasteiger partial charge in [-0.3, -0.25) is 4.79 Å². The van der Waals surface area contributed by atoms with Crippen molar-refractivity contribution in [2.24, 2.45) is 5.10 Å². The Morgan fingerprint density at radius 2 is 2.00 bits per heavy atom. The quantitative estimate of drug-likeness (QED) is 0.328. The topological polar surface area (TPSA) is 82.8 Å². The summed E-state index contributed by atoms with van der Waals surface area (Å²) in [7, 11) is 0. The van der Waals surface area contributed by atoms with Gasteiger partial charge in [-0.15, -0.1) is 0 Å². The number of carbonyl (C=O) groups is 1. The van der Waals surface area contributed by atoms with E-state index in [0.29, 0.717) is 27.7 Å². The minimum atomic E-state index is -0.423. The number of hydrogen-bond acceptors (Lipinski definition) is 6. The van der Waals surface area contributed by atoms with Crippen molar-refractivity contribution in [3.05, 3.63) is 68.7 Å². The molecule has 0 radical (unpaired) electrons. The molecule has 4 rings (SSSR count). The molecule has 0 aliphatic heterocycles. The lowest BCUT2D eigenvalue weighted by Gasteiger charge is -2.22. The number of para-hydroxylation sites is 1. The van der Waals surface area contributed by atoms with Crippen molar-refractivity contribution in [1.29, 1.82) is 0 Å². The van der Waals surface area contributed by atoms with Crippen molar-refractivity contribution >= 4 is 39.0 Å². The molecule has 33 heavy (non-hydrogen) atoms. The lowest BCUT2D eigenvalue weighted by molar-refractivity contribution is -0.145. The molecule has 1 aromatic heterocycles. The Morgan fingerprint density at radius 3 is 2.76 bits per heavy atom. The summed E-state index contributed by atoms with van der Waals surface area (Å²) in [5.74, 6) is 1.04. The summed E-state index contributed by atoms with van der Waals surface area (Å²) in [6.45, 7) is 1.89. The van der Waals surface area contributed by atoms with Gasteiger partial charge in [0.2, 0.25) is 0 Å². The molecule has 1 fully saturated rings. The van der Waals surface area contributed by atoms with E-state index in [-0.39, 0.29) is 18.1 Å². The van der Waals surface area contributed by atoms with Crippen LogP contribution in [0.1, 0.15) is 56.3 Å². The lowest BCUT2D eigenvalue weighted by Crippen LogP contribution is -2.25. The van der Waals surface area contributed by atoms with E-state index in [2.05, 4.69) is 21.0 Å². The number of esters is 1. The second kappa shape index (κ2) is 10.7. The van der Waals surface area contributed by atoms with Crippen molar-refractivity contribution < 1.29 is 14.3 Å². The average molecular weight is 512 g/mol. The molecule has 0 atom stereocenters. The summed E-state index contributed by atoms with van der Waals surface area (Å²) in [5.41, 5.74) is 1.33. The molecule has 3 aromatic rings. The molecule has 1 aliphatic carbocycles. The Balaban J connectivity index is 1.63. The number of rotatable bonds is 7. The summed E-state index contributed by atoms with van der Waals surface area (Å²) in [5, 5.41) is 5.11. The first kappa shape index (κ1) is 23.2. The van der Waals surface area contributed by atoms with Crippen LogP contribution < -0.4 is 10.3 Å². The van der Waals surface area contributed by atoms with Gasteiger partial charge in [0.25, 0.3) is 5.56 Å². The van der Waals surface area contributed by atoms with Crippen LogP contribution >= 0.6 is 15.9 Å². The Morgan fingerprint density at radius 1 is 1.21 bits per heavy atom.